The van der Waals surface area contributed by atoms with Crippen molar-refractivity contribution in [1.82, 2.24) is 10.2 Å². The van der Waals surface area contributed by atoms with Crippen LogP contribution in [0.3, 0.4) is 0 Å². The number of H-pyrrole nitrogens is 1. The van der Waals surface area contributed by atoms with Gasteiger partial charge in [-0.05, 0) is 73.0 Å². The van der Waals surface area contributed by atoms with E-state index in [2.05, 4.69) is 15.5 Å². The first-order valence-electron chi connectivity index (χ1n) is 11.6. The molecule has 1 unspecified atom stereocenters. The number of anilines is 1. The van der Waals surface area contributed by atoms with Gasteiger partial charge in [-0.15, -0.1) is 0 Å². The summed E-state index contributed by atoms with van der Waals surface area (Å²) in [5.74, 6) is 1.12. The number of fused-ring (bicyclic) bond motifs is 1. The van der Waals surface area contributed by atoms with Gasteiger partial charge < -0.3 is 19.2 Å². The maximum atomic E-state index is 12.7. The van der Waals surface area contributed by atoms with E-state index in [1.165, 1.54) is 0 Å². The van der Waals surface area contributed by atoms with Gasteiger partial charge in [-0.3, -0.25) is 9.89 Å². The Morgan fingerprint density at radius 3 is 2.64 bits per heavy atom. The number of amides is 1. The Kier molecular flexibility index (Phi) is 6.40. The van der Waals surface area contributed by atoms with Crippen LogP contribution >= 0.6 is 0 Å². The molecule has 0 saturated carbocycles. The number of esters is 1. The molecular formula is C28H25N3O5. The number of aromatic amines is 1. The molecule has 4 aromatic rings. The number of carbonyl (C=O) groups excluding carboxylic acids is 2. The molecular weight excluding hydrogens is 458 g/mol. The van der Waals surface area contributed by atoms with Gasteiger partial charge in [0.05, 0.1) is 19.2 Å². The second-order valence-corrected chi connectivity index (χ2v) is 8.30. The molecule has 0 saturated heterocycles. The fourth-order valence-electron chi connectivity index (χ4n) is 4.13. The van der Waals surface area contributed by atoms with E-state index >= 15 is 0 Å². The van der Waals surface area contributed by atoms with Crippen molar-refractivity contribution in [3.63, 3.8) is 0 Å². The zero-order valence-electron chi connectivity index (χ0n) is 19.9. The molecule has 2 aromatic carbocycles. The normalized spacial score (nSPS) is 14.9. The zero-order valence-corrected chi connectivity index (χ0v) is 19.9. The Morgan fingerprint density at radius 1 is 1.11 bits per heavy atom. The molecule has 2 heterocycles. The summed E-state index contributed by atoms with van der Waals surface area (Å²) in [4.78, 5) is 24.8. The third-order valence-corrected chi connectivity index (χ3v) is 6.03. The number of benzene rings is 2. The van der Waals surface area contributed by atoms with Gasteiger partial charge in [-0.1, -0.05) is 24.3 Å². The Labute approximate surface area is 207 Å². The first-order valence-corrected chi connectivity index (χ1v) is 11.6. The number of ether oxygens (including phenoxy) is 2. The van der Waals surface area contributed by atoms with E-state index < -0.39 is 5.97 Å². The lowest BCUT2D eigenvalue weighted by molar-refractivity contribution is 0.0521. The van der Waals surface area contributed by atoms with Crippen molar-refractivity contribution in [2.45, 2.75) is 19.3 Å². The minimum Gasteiger partial charge on any atom is -0.497 e. The molecule has 0 spiro atoms. The quantitative estimate of drug-likeness (QED) is 0.321. The largest absolute Gasteiger partial charge is 0.497 e. The van der Waals surface area contributed by atoms with Gasteiger partial charge >= 0.3 is 5.97 Å². The van der Waals surface area contributed by atoms with E-state index in [-0.39, 0.29) is 23.3 Å². The molecule has 0 fully saturated rings. The van der Waals surface area contributed by atoms with E-state index in [0.29, 0.717) is 17.7 Å². The molecule has 1 atom stereocenters. The Balaban J connectivity index is 1.25. The molecule has 0 aliphatic heterocycles. The SMILES string of the molecule is CCOC(=O)c1n[nH]c2cc(-c3ccc(NC(=O)c4ccc(C5C=CC(OC)=CC5)o4)cc3)ccc12. The maximum absolute atomic E-state index is 12.7. The lowest BCUT2D eigenvalue weighted by atomic mass is 9.98. The molecule has 8 heteroatoms. The molecule has 182 valence electrons. The number of methoxy groups -OCH3 is 1. The molecule has 0 radical (unpaired) electrons. The summed E-state index contributed by atoms with van der Waals surface area (Å²) in [5.41, 5.74) is 3.56. The van der Waals surface area contributed by atoms with Crippen LogP contribution in [0.4, 0.5) is 5.69 Å². The van der Waals surface area contributed by atoms with Crippen LogP contribution in [0, 0.1) is 0 Å². The van der Waals surface area contributed by atoms with Gasteiger partial charge in [0.1, 0.15) is 11.5 Å². The average molecular weight is 484 g/mol. The van der Waals surface area contributed by atoms with Crippen molar-refractivity contribution in [1.29, 1.82) is 0 Å². The predicted molar refractivity (Wildman–Crippen MR) is 136 cm³/mol. The summed E-state index contributed by atoms with van der Waals surface area (Å²) in [6, 6.07) is 16.7. The van der Waals surface area contributed by atoms with Crippen molar-refractivity contribution in [2.75, 3.05) is 19.0 Å². The van der Waals surface area contributed by atoms with E-state index in [9.17, 15) is 9.59 Å². The number of rotatable bonds is 7. The summed E-state index contributed by atoms with van der Waals surface area (Å²) in [6.45, 7) is 2.05. The van der Waals surface area contributed by atoms with Gasteiger partial charge in [-0.25, -0.2) is 4.79 Å². The van der Waals surface area contributed by atoms with Crippen LogP contribution in [0.5, 0.6) is 0 Å². The molecule has 5 rings (SSSR count). The summed E-state index contributed by atoms with van der Waals surface area (Å²) in [7, 11) is 1.64. The molecule has 36 heavy (non-hydrogen) atoms. The highest BCUT2D eigenvalue weighted by atomic mass is 16.5. The van der Waals surface area contributed by atoms with Crippen LogP contribution in [-0.4, -0.2) is 35.8 Å². The topological polar surface area (TPSA) is 106 Å². The molecule has 8 nitrogen and oxygen atoms in total. The number of nitrogens with zero attached hydrogens (tertiary/aromatic N) is 1. The lowest BCUT2D eigenvalue weighted by Crippen LogP contribution is -2.10. The maximum Gasteiger partial charge on any atom is 0.359 e. The van der Waals surface area contributed by atoms with Crippen molar-refractivity contribution in [3.8, 4) is 11.1 Å². The Bertz CT molecular complexity index is 1480. The lowest BCUT2D eigenvalue weighted by Gasteiger charge is -2.13. The fourth-order valence-corrected chi connectivity index (χ4v) is 4.13. The molecule has 1 amide bonds. The Morgan fingerprint density at radius 2 is 1.92 bits per heavy atom. The summed E-state index contributed by atoms with van der Waals surface area (Å²) < 4.78 is 16.1. The van der Waals surface area contributed by atoms with Crippen molar-refractivity contribution in [3.05, 3.63) is 95.8 Å². The smallest absolute Gasteiger partial charge is 0.359 e. The van der Waals surface area contributed by atoms with Crippen LogP contribution in [-0.2, 0) is 9.47 Å². The Hall–Kier alpha value is -4.59. The van der Waals surface area contributed by atoms with Gasteiger partial charge in [0, 0.05) is 17.0 Å². The number of furan rings is 1. The summed E-state index contributed by atoms with van der Waals surface area (Å²) >= 11 is 0. The second kappa shape index (κ2) is 9.95. The zero-order chi connectivity index (χ0) is 25.1. The van der Waals surface area contributed by atoms with Crippen LogP contribution in [0.2, 0.25) is 0 Å². The van der Waals surface area contributed by atoms with E-state index in [1.807, 2.05) is 66.8 Å². The third-order valence-electron chi connectivity index (χ3n) is 6.03. The first kappa shape index (κ1) is 23.2. The van der Waals surface area contributed by atoms with Crippen LogP contribution in [0.15, 0.2) is 83.0 Å². The molecule has 0 bridgehead atoms. The number of carbonyl (C=O) groups is 2. The second-order valence-electron chi connectivity index (χ2n) is 8.30. The summed E-state index contributed by atoms with van der Waals surface area (Å²) in [6.07, 6.45) is 6.67. The van der Waals surface area contributed by atoms with Crippen LogP contribution < -0.4 is 5.32 Å². The monoisotopic (exact) mass is 483 g/mol. The van der Waals surface area contributed by atoms with Crippen molar-refractivity contribution >= 4 is 28.5 Å². The minimum atomic E-state index is -0.451. The average Bonchev–Trinajstić information content (AvgIpc) is 3.57. The highest BCUT2D eigenvalue weighted by Gasteiger charge is 2.19. The standard InChI is InChI=1S/C28H25N3O5/c1-3-35-28(33)26-22-13-8-19(16-23(22)30-31-26)17-4-9-20(10-5-17)29-27(32)25-15-14-24(36-25)18-6-11-21(34-2)12-7-18/h4-6,8-16,18H,3,7H2,1-2H3,(H,29,32)(H,30,31). The predicted octanol–water partition coefficient (Wildman–Crippen LogP) is 5.83. The number of nitrogens with one attached hydrogen (secondary N) is 2. The highest BCUT2D eigenvalue weighted by molar-refractivity contribution is 6.03. The van der Waals surface area contributed by atoms with Crippen LogP contribution in [0.25, 0.3) is 22.0 Å². The van der Waals surface area contributed by atoms with Gasteiger partial charge in [0.2, 0.25) is 0 Å². The third kappa shape index (κ3) is 4.65. The molecule has 1 aliphatic carbocycles. The van der Waals surface area contributed by atoms with Crippen LogP contribution in [0.1, 0.15) is 46.1 Å². The van der Waals surface area contributed by atoms with Crippen molar-refractivity contribution in [2.24, 2.45) is 0 Å². The first-order chi connectivity index (χ1) is 17.6. The minimum absolute atomic E-state index is 0.0744. The van der Waals surface area contributed by atoms with E-state index in [1.54, 1.807) is 20.1 Å². The number of hydrogen-bond donors (Lipinski definition) is 2. The molecule has 1 aliphatic rings. The summed E-state index contributed by atoms with van der Waals surface area (Å²) in [5, 5.41) is 10.6. The molecule has 2 N–H and O–H groups in total. The molecule has 2 aromatic heterocycles. The number of allylic oxidation sites excluding steroid dienone is 3. The van der Waals surface area contributed by atoms with Gasteiger partial charge in [-0.2, -0.15) is 5.10 Å². The van der Waals surface area contributed by atoms with E-state index in [0.717, 1.165) is 34.6 Å². The van der Waals surface area contributed by atoms with Crippen molar-refractivity contribution < 1.29 is 23.5 Å². The van der Waals surface area contributed by atoms with Gasteiger partial charge in [0.25, 0.3) is 5.91 Å². The number of aromatic nitrogens is 2. The van der Waals surface area contributed by atoms with Gasteiger partial charge in [0.15, 0.2) is 11.5 Å². The van der Waals surface area contributed by atoms with E-state index in [4.69, 9.17) is 13.9 Å². The fraction of sp³-hybridized carbons (Fsp3) is 0.179. The highest BCUT2D eigenvalue weighted by Crippen LogP contribution is 2.29. The number of hydrogen-bond acceptors (Lipinski definition) is 6.